The summed E-state index contributed by atoms with van der Waals surface area (Å²) >= 11 is 0. The lowest BCUT2D eigenvalue weighted by Gasteiger charge is -2.12. The van der Waals surface area contributed by atoms with Crippen LogP contribution in [0.5, 0.6) is 0 Å². The number of hydrogen-bond donors (Lipinski definition) is 1. The minimum absolute atomic E-state index is 0.0406. The molecule has 1 fully saturated rings. The van der Waals surface area contributed by atoms with Gasteiger partial charge >= 0.3 is 5.69 Å². The van der Waals surface area contributed by atoms with Crippen LogP contribution in [0, 0.1) is 16.0 Å². The summed E-state index contributed by atoms with van der Waals surface area (Å²) < 4.78 is 0. The van der Waals surface area contributed by atoms with Gasteiger partial charge in [0.1, 0.15) is 11.9 Å². The SMILES string of the molecule is CN1CCC(CNc2ccncc2[N+](=O)[O-])C1. The molecule has 1 unspecified atom stereocenters. The summed E-state index contributed by atoms with van der Waals surface area (Å²) in [7, 11) is 2.09. The number of aromatic nitrogens is 1. The quantitative estimate of drug-likeness (QED) is 0.631. The molecule has 0 aliphatic carbocycles. The molecule has 1 saturated heterocycles. The van der Waals surface area contributed by atoms with E-state index in [-0.39, 0.29) is 5.69 Å². The first kappa shape index (κ1) is 11.8. The molecule has 1 N–H and O–H groups in total. The Bertz CT molecular complexity index is 410. The second kappa shape index (κ2) is 5.09. The van der Waals surface area contributed by atoms with Gasteiger partial charge in [-0.05, 0) is 32.0 Å². The summed E-state index contributed by atoms with van der Waals surface area (Å²) in [6, 6.07) is 1.65. The average molecular weight is 236 g/mol. The zero-order chi connectivity index (χ0) is 12.3. The van der Waals surface area contributed by atoms with Crippen molar-refractivity contribution >= 4 is 11.4 Å². The third kappa shape index (κ3) is 2.91. The Morgan fingerprint density at radius 2 is 2.53 bits per heavy atom. The van der Waals surface area contributed by atoms with Crippen LogP contribution in [0.2, 0.25) is 0 Å². The van der Waals surface area contributed by atoms with E-state index < -0.39 is 4.92 Å². The summed E-state index contributed by atoms with van der Waals surface area (Å²) in [6.07, 6.45) is 3.99. The molecule has 1 aromatic heterocycles. The Labute approximate surface area is 99.8 Å². The molecule has 0 aromatic carbocycles. The minimum atomic E-state index is -0.407. The Hall–Kier alpha value is -1.69. The lowest BCUT2D eigenvalue weighted by atomic mass is 10.1. The molecule has 2 rings (SSSR count). The number of nitro groups is 1. The third-order valence-corrected chi connectivity index (χ3v) is 3.07. The van der Waals surface area contributed by atoms with Crippen molar-refractivity contribution in [2.75, 3.05) is 32.0 Å². The normalized spacial score (nSPS) is 20.4. The largest absolute Gasteiger partial charge is 0.379 e. The Kier molecular flexibility index (Phi) is 3.53. The van der Waals surface area contributed by atoms with Crippen molar-refractivity contribution in [1.82, 2.24) is 9.88 Å². The van der Waals surface area contributed by atoms with Gasteiger partial charge < -0.3 is 10.2 Å². The first-order valence-corrected chi connectivity index (χ1v) is 5.67. The highest BCUT2D eigenvalue weighted by Gasteiger charge is 2.20. The number of rotatable bonds is 4. The Morgan fingerprint density at radius 1 is 1.71 bits per heavy atom. The molecule has 0 saturated carbocycles. The molecule has 6 nitrogen and oxygen atoms in total. The predicted molar refractivity (Wildman–Crippen MR) is 65.0 cm³/mol. The molecule has 1 aliphatic heterocycles. The van der Waals surface area contributed by atoms with Crippen molar-refractivity contribution in [1.29, 1.82) is 0 Å². The van der Waals surface area contributed by atoms with Crippen LogP contribution in [-0.2, 0) is 0 Å². The number of pyridine rings is 1. The maximum absolute atomic E-state index is 10.8. The number of hydrogen-bond acceptors (Lipinski definition) is 5. The third-order valence-electron chi connectivity index (χ3n) is 3.07. The number of likely N-dealkylation sites (tertiary alicyclic amines) is 1. The van der Waals surface area contributed by atoms with Gasteiger partial charge in [-0.3, -0.25) is 15.1 Å². The summed E-state index contributed by atoms with van der Waals surface area (Å²) in [5.74, 6) is 0.563. The monoisotopic (exact) mass is 236 g/mol. The van der Waals surface area contributed by atoms with Gasteiger partial charge in [0.05, 0.1) is 4.92 Å². The van der Waals surface area contributed by atoms with Crippen molar-refractivity contribution in [3.05, 3.63) is 28.6 Å². The summed E-state index contributed by atoms with van der Waals surface area (Å²) in [6.45, 7) is 2.92. The van der Waals surface area contributed by atoms with Crippen LogP contribution >= 0.6 is 0 Å². The second-order valence-electron chi connectivity index (χ2n) is 4.45. The first-order valence-electron chi connectivity index (χ1n) is 5.67. The van der Waals surface area contributed by atoms with E-state index in [9.17, 15) is 10.1 Å². The van der Waals surface area contributed by atoms with Crippen molar-refractivity contribution in [2.24, 2.45) is 5.92 Å². The van der Waals surface area contributed by atoms with E-state index in [1.54, 1.807) is 12.3 Å². The molecule has 2 heterocycles. The number of nitrogens with one attached hydrogen (secondary N) is 1. The molecule has 1 atom stereocenters. The number of anilines is 1. The second-order valence-corrected chi connectivity index (χ2v) is 4.45. The molecule has 0 bridgehead atoms. The lowest BCUT2D eigenvalue weighted by Crippen LogP contribution is -2.19. The lowest BCUT2D eigenvalue weighted by molar-refractivity contribution is -0.384. The van der Waals surface area contributed by atoms with Crippen LogP contribution in [0.4, 0.5) is 11.4 Å². The zero-order valence-corrected chi connectivity index (χ0v) is 9.80. The molecule has 0 spiro atoms. The molecule has 6 heteroatoms. The van der Waals surface area contributed by atoms with Crippen LogP contribution in [-0.4, -0.2) is 41.5 Å². The summed E-state index contributed by atoms with van der Waals surface area (Å²) in [4.78, 5) is 16.4. The number of nitrogens with zero attached hydrogens (tertiary/aromatic N) is 3. The minimum Gasteiger partial charge on any atom is -0.379 e. The van der Waals surface area contributed by atoms with Crippen LogP contribution < -0.4 is 5.32 Å². The predicted octanol–water partition coefficient (Wildman–Crippen LogP) is 1.35. The van der Waals surface area contributed by atoms with Gasteiger partial charge in [0, 0.05) is 19.3 Å². The van der Waals surface area contributed by atoms with E-state index in [0.717, 1.165) is 26.1 Å². The molecule has 1 aliphatic rings. The molecule has 0 radical (unpaired) electrons. The van der Waals surface area contributed by atoms with Gasteiger partial charge in [0.15, 0.2) is 0 Å². The molecule has 17 heavy (non-hydrogen) atoms. The maximum Gasteiger partial charge on any atom is 0.310 e. The highest BCUT2D eigenvalue weighted by molar-refractivity contribution is 5.59. The van der Waals surface area contributed by atoms with Gasteiger partial charge in [0.2, 0.25) is 0 Å². The fraction of sp³-hybridized carbons (Fsp3) is 0.545. The van der Waals surface area contributed by atoms with E-state index in [0.29, 0.717) is 11.6 Å². The van der Waals surface area contributed by atoms with E-state index in [2.05, 4.69) is 22.2 Å². The van der Waals surface area contributed by atoms with Crippen molar-refractivity contribution < 1.29 is 4.92 Å². The van der Waals surface area contributed by atoms with E-state index in [1.807, 2.05) is 0 Å². The van der Waals surface area contributed by atoms with Crippen molar-refractivity contribution in [3.63, 3.8) is 0 Å². The average Bonchev–Trinajstić information content (AvgIpc) is 2.73. The smallest absolute Gasteiger partial charge is 0.310 e. The summed E-state index contributed by atoms with van der Waals surface area (Å²) in [5, 5.41) is 13.9. The highest BCUT2D eigenvalue weighted by Crippen LogP contribution is 2.23. The van der Waals surface area contributed by atoms with Crippen LogP contribution in [0.25, 0.3) is 0 Å². The summed E-state index contributed by atoms with van der Waals surface area (Å²) in [5.41, 5.74) is 0.596. The van der Waals surface area contributed by atoms with Gasteiger partial charge in [-0.2, -0.15) is 0 Å². The first-order chi connectivity index (χ1) is 8.16. The zero-order valence-electron chi connectivity index (χ0n) is 9.80. The van der Waals surface area contributed by atoms with Gasteiger partial charge in [0.25, 0.3) is 0 Å². The van der Waals surface area contributed by atoms with Crippen LogP contribution in [0.1, 0.15) is 6.42 Å². The van der Waals surface area contributed by atoms with Gasteiger partial charge in [-0.1, -0.05) is 0 Å². The van der Waals surface area contributed by atoms with Crippen molar-refractivity contribution in [3.8, 4) is 0 Å². The molecule has 92 valence electrons. The molecular formula is C11H16N4O2. The molecule has 1 aromatic rings. The maximum atomic E-state index is 10.8. The van der Waals surface area contributed by atoms with Gasteiger partial charge in [-0.25, -0.2) is 0 Å². The highest BCUT2D eigenvalue weighted by atomic mass is 16.6. The Balaban J connectivity index is 1.97. The molecule has 0 amide bonds. The van der Waals surface area contributed by atoms with E-state index in [4.69, 9.17) is 0 Å². The van der Waals surface area contributed by atoms with E-state index >= 15 is 0 Å². The van der Waals surface area contributed by atoms with Crippen LogP contribution in [0.15, 0.2) is 18.5 Å². The van der Waals surface area contributed by atoms with Crippen LogP contribution in [0.3, 0.4) is 0 Å². The van der Waals surface area contributed by atoms with Crippen molar-refractivity contribution in [2.45, 2.75) is 6.42 Å². The topological polar surface area (TPSA) is 71.3 Å². The van der Waals surface area contributed by atoms with Gasteiger partial charge in [-0.15, -0.1) is 0 Å². The fourth-order valence-electron chi connectivity index (χ4n) is 2.13. The van der Waals surface area contributed by atoms with E-state index in [1.165, 1.54) is 6.20 Å². The standard InChI is InChI=1S/C11H16N4O2/c1-14-5-3-9(8-14)6-13-10-2-4-12-7-11(10)15(16)17/h2,4,7,9H,3,5-6,8H2,1H3,(H,12,13). The Morgan fingerprint density at radius 3 is 3.18 bits per heavy atom. The fourth-order valence-corrected chi connectivity index (χ4v) is 2.13. The molecular weight excluding hydrogens is 220 g/mol.